The van der Waals surface area contributed by atoms with Crippen LogP contribution in [0.25, 0.3) is 0 Å². The van der Waals surface area contributed by atoms with Gasteiger partial charge in [0.15, 0.2) is 6.29 Å². The van der Waals surface area contributed by atoms with Crippen molar-refractivity contribution in [2.75, 3.05) is 31.2 Å². The van der Waals surface area contributed by atoms with Gasteiger partial charge in [0, 0.05) is 19.2 Å². The zero-order chi connectivity index (χ0) is 10.7. The Balaban J connectivity index is 2.29. The minimum atomic E-state index is -0.311. The highest BCUT2D eigenvalue weighted by Crippen LogP contribution is 2.07. The molecule has 0 radical (unpaired) electrons. The van der Waals surface area contributed by atoms with Crippen LogP contribution in [0.3, 0.4) is 0 Å². The van der Waals surface area contributed by atoms with Gasteiger partial charge in [-0.2, -0.15) is 0 Å². The number of ether oxygens (including phenoxy) is 1. The first kappa shape index (κ1) is 9.85. The van der Waals surface area contributed by atoms with Crippen LogP contribution >= 0.6 is 0 Å². The second-order valence-electron chi connectivity index (χ2n) is 3.21. The average molecular weight is 209 g/mol. The Morgan fingerprint density at radius 3 is 2.87 bits per heavy atom. The smallest absolute Gasteiger partial charge is 0.252 e. The Hall–Kier alpha value is -1.69. The molecule has 2 heterocycles. The summed E-state index contributed by atoms with van der Waals surface area (Å²) < 4.78 is 5.18. The van der Waals surface area contributed by atoms with Crippen molar-refractivity contribution in [1.29, 1.82) is 0 Å². The molecule has 0 atom stereocenters. The highest BCUT2D eigenvalue weighted by atomic mass is 16.5. The topological polar surface area (TPSA) is 75.3 Å². The average Bonchev–Trinajstić information content (AvgIpc) is 2.29. The Morgan fingerprint density at radius 2 is 2.20 bits per heavy atom. The van der Waals surface area contributed by atoms with E-state index in [1.165, 1.54) is 6.07 Å². The van der Waals surface area contributed by atoms with Crippen molar-refractivity contribution < 1.29 is 9.53 Å². The molecule has 1 fully saturated rings. The number of aromatic nitrogens is 2. The van der Waals surface area contributed by atoms with Gasteiger partial charge >= 0.3 is 0 Å². The van der Waals surface area contributed by atoms with Crippen molar-refractivity contribution in [1.82, 2.24) is 9.97 Å². The fourth-order valence-corrected chi connectivity index (χ4v) is 1.45. The third-order valence-electron chi connectivity index (χ3n) is 2.18. The number of nitrogens with one attached hydrogen (secondary N) is 1. The lowest BCUT2D eigenvalue weighted by molar-refractivity contribution is 0.111. The molecule has 6 heteroatoms. The summed E-state index contributed by atoms with van der Waals surface area (Å²) in [6.07, 6.45) is 0.569. The van der Waals surface area contributed by atoms with Crippen LogP contribution in [0.5, 0.6) is 0 Å². The maximum Gasteiger partial charge on any atom is 0.252 e. The van der Waals surface area contributed by atoms with Crippen LogP contribution < -0.4 is 10.5 Å². The zero-order valence-electron chi connectivity index (χ0n) is 8.10. The molecule has 6 nitrogen and oxygen atoms in total. The molecule has 0 saturated carbocycles. The van der Waals surface area contributed by atoms with Gasteiger partial charge in [-0.15, -0.1) is 0 Å². The van der Waals surface area contributed by atoms with Gasteiger partial charge in [-0.05, 0) is 0 Å². The standard InChI is InChI=1S/C9H11N3O3/c13-6-7-5-8(14)11-9(10-7)12-1-3-15-4-2-12/h5-6H,1-4H2,(H,10,11,14). The fourth-order valence-electron chi connectivity index (χ4n) is 1.45. The molecular weight excluding hydrogens is 198 g/mol. The minimum absolute atomic E-state index is 0.153. The molecule has 1 aliphatic heterocycles. The molecule has 0 aliphatic carbocycles. The summed E-state index contributed by atoms with van der Waals surface area (Å²) in [7, 11) is 0. The molecule has 2 rings (SSSR count). The van der Waals surface area contributed by atoms with Crippen molar-refractivity contribution in [2.45, 2.75) is 0 Å². The number of aromatic amines is 1. The molecule has 15 heavy (non-hydrogen) atoms. The number of morpholine rings is 1. The molecule has 1 saturated heterocycles. The molecule has 1 aromatic rings. The van der Waals surface area contributed by atoms with Gasteiger partial charge in [0.25, 0.3) is 5.56 Å². The third-order valence-corrected chi connectivity index (χ3v) is 2.18. The van der Waals surface area contributed by atoms with Crippen LogP contribution in [-0.2, 0) is 4.74 Å². The summed E-state index contributed by atoms with van der Waals surface area (Å²) in [6, 6.07) is 1.18. The lowest BCUT2D eigenvalue weighted by atomic mass is 10.4. The van der Waals surface area contributed by atoms with Gasteiger partial charge in [-0.3, -0.25) is 14.6 Å². The van der Waals surface area contributed by atoms with Crippen molar-refractivity contribution in [3.05, 3.63) is 22.1 Å². The quantitative estimate of drug-likeness (QED) is 0.659. The Labute approximate surface area is 85.9 Å². The van der Waals surface area contributed by atoms with Gasteiger partial charge in [0.05, 0.1) is 13.2 Å². The minimum Gasteiger partial charge on any atom is -0.378 e. The van der Waals surface area contributed by atoms with Crippen molar-refractivity contribution >= 4 is 12.2 Å². The first-order valence-corrected chi connectivity index (χ1v) is 4.69. The number of anilines is 1. The number of H-pyrrole nitrogens is 1. The van der Waals surface area contributed by atoms with E-state index in [9.17, 15) is 9.59 Å². The molecule has 1 N–H and O–H groups in total. The SMILES string of the molecule is O=Cc1cc(=O)[nH]c(N2CCOCC2)n1. The van der Waals surface area contributed by atoms with Gasteiger partial charge in [0.2, 0.25) is 5.95 Å². The molecule has 0 spiro atoms. The predicted octanol–water partition coefficient (Wildman–Crippen LogP) is -0.581. The van der Waals surface area contributed by atoms with E-state index in [-0.39, 0.29) is 11.3 Å². The fraction of sp³-hybridized carbons (Fsp3) is 0.444. The highest BCUT2D eigenvalue weighted by molar-refractivity contribution is 5.71. The van der Waals surface area contributed by atoms with Gasteiger partial charge in [-0.1, -0.05) is 0 Å². The molecule has 1 aliphatic rings. The number of hydrogen-bond acceptors (Lipinski definition) is 5. The molecule has 80 valence electrons. The van der Waals surface area contributed by atoms with Crippen LogP contribution in [0.4, 0.5) is 5.95 Å². The second kappa shape index (κ2) is 4.22. The maximum atomic E-state index is 11.2. The Kier molecular flexibility index (Phi) is 2.77. The zero-order valence-corrected chi connectivity index (χ0v) is 8.10. The second-order valence-corrected chi connectivity index (χ2v) is 3.21. The van der Waals surface area contributed by atoms with Crippen LogP contribution in [-0.4, -0.2) is 42.6 Å². The van der Waals surface area contributed by atoms with Gasteiger partial charge in [-0.25, -0.2) is 4.98 Å². The Morgan fingerprint density at radius 1 is 1.47 bits per heavy atom. The number of carbonyl (C=O) groups is 1. The number of aldehydes is 1. The lowest BCUT2D eigenvalue weighted by Gasteiger charge is -2.27. The van der Waals surface area contributed by atoms with Crippen molar-refractivity contribution in [2.24, 2.45) is 0 Å². The first-order chi connectivity index (χ1) is 7.29. The van der Waals surface area contributed by atoms with Gasteiger partial charge < -0.3 is 9.64 Å². The van der Waals surface area contributed by atoms with E-state index in [0.717, 1.165) is 0 Å². The van der Waals surface area contributed by atoms with E-state index >= 15 is 0 Å². The molecular formula is C9H11N3O3. The lowest BCUT2D eigenvalue weighted by Crippen LogP contribution is -2.38. The molecule has 0 unspecified atom stereocenters. The molecule has 0 bridgehead atoms. The number of hydrogen-bond donors (Lipinski definition) is 1. The number of carbonyl (C=O) groups excluding carboxylic acids is 1. The van der Waals surface area contributed by atoms with Crippen LogP contribution in [0.15, 0.2) is 10.9 Å². The summed E-state index contributed by atoms with van der Waals surface area (Å²) in [4.78, 5) is 30.2. The number of rotatable bonds is 2. The summed E-state index contributed by atoms with van der Waals surface area (Å²) in [5.74, 6) is 0.438. The first-order valence-electron chi connectivity index (χ1n) is 4.69. The normalized spacial score (nSPS) is 16.4. The van der Waals surface area contributed by atoms with Crippen LogP contribution in [0.1, 0.15) is 10.5 Å². The van der Waals surface area contributed by atoms with Crippen molar-refractivity contribution in [3.63, 3.8) is 0 Å². The number of nitrogens with zero attached hydrogens (tertiary/aromatic N) is 2. The van der Waals surface area contributed by atoms with E-state index in [4.69, 9.17) is 4.74 Å². The Bertz CT molecular complexity index is 409. The summed E-state index contributed by atoms with van der Waals surface area (Å²) >= 11 is 0. The molecule has 0 amide bonds. The van der Waals surface area contributed by atoms with E-state index in [0.29, 0.717) is 38.5 Å². The maximum absolute atomic E-state index is 11.2. The van der Waals surface area contributed by atoms with Crippen molar-refractivity contribution in [3.8, 4) is 0 Å². The van der Waals surface area contributed by atoms with E-state index in [2.05, 4.69) is 9.97 Å². The van der Waals surface area contributed by atoms with Gasteiger partial charge in [0.1, 0.15) is 5.69 Å². The highest BCUT2D eigenvalue weighted by Gasteiger charge is 2.13. The summed E-state index contributed by atoms with van der Waals surface area (Å²) in [6.45, 7) is 2.56. The van der Waals surface area contributed by atoms with E-state index in [1.54, 1.807) is 0 Å². The predicted molar refractivity (Wildman–Crippen MR) is 53.3 cm³/mol. The molecule has 1 aromatic heterocycles. The molecule has 0 aromatic carbocycles. The third kappa shape index (κ3) is 2.21. The van der Waals surface area contributed by atoms with Crippen LogP contribution in [0.2, 0.25) is 0 Å². The summed E-state index contributed by atoms with van der Waals surface area (Å²) in [5.41, 5.74) is -0.158. The van der Waals surface area contributed by atoms with Crippen LogP contribution in [0, 0.1) is 0 Å². The van der Waals surface area contributed by atoms with E-state index in [1.807, 2.05) is 4.90 Å². The van der Waals surface area contributed by atoms with E-state index < -0.39 is 0 Å². The summed E-state index contributed by atoms with van der Waals surface area (Å²) in [5, 5.41) is 0. The monoisotopic (exact) mass is 209 g/mol. The largest absolute Gasteiger partial charge is 0.378 e.